The summed E-state index contributed by atoms with van der Waals surface area (Å²) in [4.78, 5) is 0. The maximum atomic E-state index is 9.28. The van der Waals surface area contributed by atoms with Crippen molar-refractivity contribution in [3.05, 3.63) is 23.8 Å². The summed E-state index contributed by atoms with van der Waals surface area (Å²) in [7, 11) is 3.18. The minimum Gasteiger partial charge on any atom is -0.493 e. The number of ether oxygens (including phenoxy) is 2. The summed E-state index contributed by atoms with van der Waals surface area (Å²) in [5, 5.41) is 9.28. The van der Waals surface area contributed by atoms with Gasteiger partial charge in [0.2, 0.25) is 0 Å². The van der Waals surface area contributed by atoms with Crippen molar-refractivity contribution in [1.29, 1.82) is 0 Å². The number of hydrogen-bond acceptors (Lipinski definition) is 4. The third-order valence-corrected chi connectivity index (χ3v) is 2.43. The van der Waals surface area contributed by atoms with Gasteiger partial charge in [-0.15, -0.1) is 0 Å². The molecule has 0 aliphatic rings. The lowest BCUT2D eigenvalue weighted by Crippen LogP contribution is -2.16. The lowest BCUT2D eigenvalue weighted by molar-refractivity contribution is 0.175. The molecule has 1 aromatic rings. The Morgan fingerprint density at radius 1 is 1.25 bits per heavy atom. The molecule has 0 heterocycles. The standard InChI is InChI=1S/C12H19NO3/c1-8(14)6-10(13)9-4-5-11(15-2)12(7-9)16-3/h4-5,7-8,10,14H,6,13H2,1-3H3. The fraction of sp³-hybridized carbons (Fsp3) is 0.500. The molecule has 0 aliphatic carbocycles. The molecule has 2 unspecified atom stereocenters. The molecule has 2 atom stereocenters. The van der Waals surface area contributed by atoms with Gasteiger partial charge in [0, 0.05) is 6.04 Å². The van der Waals surface area contributed by atoms with E-state index in [1.54, 1.807) is 21.1 Å². The summed E-state index contributed by atoms with van der Waals surface area (Å²) in [5.41, 5.74) is 6.88. The van der Waals surface area contributed by atoms with E-state index in [1.807, 2.05) is 18.2 Å². The van der Waals surface area contributed by atoms with Gasteiger partial charge < -0.3 is 20.3 Å². The number of hydrogen-bond donors (Lipinski definition) is 2. The van der Waals surface area contributed by atoms with Crippen LogP contribution in [0.25, 0.3) is 0 Å². The Morgan fingerprint density at radius 2 is 1.88 bits per heavy atom. The molecule has 0 aromatic heterocycles. The highest BCUT2D eigenvalue weighted by atomic mass is 16.5. The minimum atomic E-state index is -0.414. The lowest BCUT2D eigenvalue weighted by Gasteiger charge is -2.16. The summed E-state index contributed by atoms with van der Waals surface area (Å²) in [5.74, 6) is 1.33. The van der Waals surface area contributed by atoms with E-state index in [2.05, 4.69) is 0 Å². The Hall–Kier alpha value is -1.26. The topological polar surface area (TPSA) is 64.7 Å². The predicted molar refractivity (Wildman–Crippen MR) is 62.8 cm³/mol. The number of methoxy groups -OCH3 is 2. The molecule has 0 saturated carbocycles. The SMILES string of the molecule is COc1ccc(C(N)CC(C)O)cc1OC. The van der Waals surface area contributed by atoms with Crippen LogP contribution in [0.5, 0.6) is 11.5 Å². The quantitative estimate of drug-likeness (QED) is 0.796. The van der Waals surface area contributed by atoms with Crippen LogP contribution in [-0.2, 0) is 0 Å². The van der Waals surface area contributed by atoms with Crippen molar-refractivity contribution in [2.45, 2.75) is 25.5 Å². The molecule has 0 aliphatic heterocycles. The van der Waals surface area contributed by atoms with Gasteiger partial charge in [-0.1, -0.05) is 6.07 Å². The molecule has 16 heavy (non-hydrogen) atoms. The molecule has 0 fully saturated rings. The lowest BCUT2D eigenvalue weighted by atomic mass is 10.0. The summed E-state index contributed by atoms with van der Waals surface area (Å²) >= 11 is 0. The average molecular weight is 225 g/mol. The third-order valence-electron chi connectivity index (χ3n) is 2.43. The molecular formula is C12H19NO3. The Bertz CT molecular complexity index is 339. The van der Waals surface area contributed by atoms with Crippen molar-refractivity contribution in [2.24, 2.45) is 5.73 Å². The van der Waals surface area contributed by atoms with Gasteiger partial charge in [0.15, 0.2) is 11.5 Å². The van der Waals surface area contributed by atoms with Crippen molar-refractivity contribution in [2.75, 3.05) is 14.2 Å². The molecule has 0 bridgehead atoms. The van der Waals surface area contributed by atoms with Gasteiger partial charge in [0.25, 0.3) is 0 Å². The van der Waals surface area contributed by atoms with Crippen LogP contribution in [0.4, 0.5) is 0 Å². The van der Waals surface area contributed by atoms with Crippen molar-refractivity contribution in [1.82, 2.24) is 0 Å². The Balaban J connectivity index is 2.89. The molecule has 0 radical (unpaired) electrons. The van der Waals surface area contributed by atoms with E-state index in [0.717, 1.165) is 5.56 Å². The number of aliphatic hydroxyl groups is 1. The van der Waals surface area contributed by atoms with Crippen molar-refractivity contribution < 1.29 is 14.6 Å². The van der Waals surface area contributed by atoms with Gasteiger partial charge in [-0.3, -0.25) is 0 Å². The van der Waals surface area contributed by atoms with Crippen molar-refractivity contribution >= 4 is 0 Å². The van der Waals surface area contributed by atoms with E-state index in [-0.39, 0.29) is 6.04 Å². The van der Waals surface area contributed by atoms with Crippen LogP contribution < -0.4 is 15.2 Å². The van der Waals surface area contributed by atoms with Crippen LogP contribution in [-0.4, -0.2) is 25.4 Å². The van der Waals surface area contributed by atoms with Crippen LogP contribution in [0, 0.1) is 0 Å². The fourth-order valence-corrected chi connectivity index (χ4v) is 1.59. The highest BCUT2D eigenvalue weighted by Crippen LogP contribution is 2.30. The monoisotopic (exact) mass is 225 g/mol. The zero-order valence-corrected chi connectivity index (χ0v) is 9.93. The molecule has 0 amide bonds. The smallest absolute Gasteiger partial charge is 0.161 e. The average Bonchev–Trinajstić information content (AvgIpc) is 2.27. The van der Waals surface area contributed by atoms with Gasteiger partial charge >= 0.3 is 0 Å². The first kappa shape index (κ1) is 12.8. The zero-order valence-electron chi connectivity index (χ0n) is 9.93. The zero-order chi connectivity index (χ0) is 12.1. The van der Waals surface area contributed by atoms with E-state index in [0.29, 0.717) is 17.9 Å². The molecule has 1 aromatic carbocycles. The van der Waals surface area contributed by atoms with Gasteiger partial charge in [0.05, 0.1) is 20.3 Å². The highest BCUT2D eigenvalue weighted by molar-refractivity contribution is 5.43. The first-order chi connectivity index (χ1) is 7.58. The van der Waals surface area contributed by atoms with E-state index in [1.165, 1.54) is 0 Å². The van der Waals surface area contributed by atoms with Crippen molar-refractivity contribution in [3.8, 4) is 11.5 Å². The second-order valence-corrected chi connectivity index (χ2v) is 3.81. The number of nitrogens with two attached hydrogens (primary N) is 1. The summed E-state index contributed by atoms with van der Waals surface area (Å²) < 4.78 is 10.3. The molecule has 90 valence electrons. The second-order valence-electron chi connectivity index (χ2n) is 3.81. The first-order valence-corrected chi connectivity index (χ1v) is 5.24. The Morgan fingerprint density at radius 3 is 2.38 bits per heavy atom. The maximum Gasteiger partial charge on any atom is 0.161 e. The van der Waals surface area contributed by atoms with Gasteiger partial charge in [0.1, 0.15) is 0 Å². The Labute approximate surface area is 96.0 Å². The molecule has 4 nitrogen and oxygen atoms in total. The molecule has 1 rings (SSSR count). The second kappa shape index (κ2) is 5.72. The molecule has 0 saturated heterocycles. The molecule has 0 spiro atoms. The van der Waals surface area contributed by atoms with Gasteiger partial charge in [-0.2, -0.15) is 0 Å². The third kappa shape index (κ3) is 3.12. The van der Waals surface area contributed by atoms with Crippen LogP contribution in [0.3, 0.4) is 0 Å². The number of aliphatic hydroxyl groups excluding tert-OH is 1. The molecule has 3 N–H and O–H groups in total. The molecular weight excluding hydrogens is 206 g/mol. The van der Waals surface area contributed by atoms with E-state index < -0.39 is 6.10 Å². The summed E-state index contributed by atoms with van der Waals surface area (Å²) in [6.07, 6.45) is 0.109. The summed E-state index contributed by atoms with van der Waals surface area (Å²) in [6, 6.07) is 5.34. The maximum absolute atomic E-state index is 9.28. The molecule has 4 heteroatoms. The van der Waals surface area contributed by atoms with Crippen LogP contribution in [0.1, 0.15) is 24.9 Å². The number of rotatable bonds is 5. The van der Waals surface area contributed by atoms with Gasteiger partial charge in [-0.25, -0.2) is 0 Å². The van der Waals surface area contributed by atoms with Crippen LogP contribution in [0.15, 0.2) is 18.2 Å². The first-order valence-electron chi connectivity index (χ1n) is 5.24. The van der Waals surface area contributed by atoms with Crippen LogP contribution >= 0.6 is 0 Å². The normalized spacial score (nSPS) is 14.3. The summed E-state index contributed by atoms with van der Waals surface area (Å²) in [6.45, 7) is 1.72. The predicted octanol–water partition coefficient (Wildman–Crippen LogP) is 1.47. The van der Waals surface area contributed by atoms with Crippen LogP contribution in [0.2, 0.25) is 0 Å². The van der Waals surface area contributed by atoms with E-state index in [4.69, 9.17) is 15.2 Å². The Kier molecular flexibility index (Phi) is 4.58. The van der Waals surface area contributed by atoms with Gasteiger partial charge in [-0.05, 0) is 31.0 Å². The minimum absolute atomic E-state index is 0.195. The number of benzene rings is 1. The van der Waals surface area contributed by atoms with Crippen molar-refractivity contribution in [3.63, 3.8) is 0 Å². The van der Waals surface area contributed by atoms with E-state index in [9.17, 15) is 5.11 Å². The fourth-order valence-electron chi connectivity index (χ4n) is 1.59. The largest absolute Gasteiger partial charge is 0.493 e. The highest BCUT2D eigenvalue weighted by Gasteiger charge is 2.12. The van der Waals surface area contributed by atoms with E-state index >= 15 is 0 Å².